The molecular formula is C16H20ClN3O2. The van der Waals surface area contributed by atoms with Crippen LogP contribution in [0.3, 0.4) is 0 Å². The van der Waals surface area contributed by atoms with Crippen LogP contribution in [0.4, 0.5) is 10.6 Å². The van der Waals surface area contributed by atoms with Crippen molar-refractivity contribution in [2.75, 3.05) is 24.5 Å². The number of para-hydroxylation sites is 1. The van der Waals surface area contributed by atoms with E-state index in [1.807, 2.05) is 24.3 Å². The highest BCUT2D eigenvalue weighted by Gasteiger charge is 2.13. The molecule has 0 aliphatic carbocycles. The largest absolute Gasteiger partial charge is 0.465 e. The molecule has 22 heavy (non-hydrogen) atoms. The molecular weight excluding hydrogens is 302 g/mol. The van der Waals surface area contributed by atoms with Crippen molar-refractivity contribution in [1.82, 2.24) is 10.3 Å². The molecule has 2 rings (SSSR count). The molecule has 6 heteroatoms. The number of fused-ring (bicyclic) bond motifs is 1. The first-order chi connectivity index (χ1) is 10.6. The topological polar surface area (TPSA) is 65.5 Å². The van der Waals surface area contributed by atoms with E-state index in [0.29, 0.717) is 18.0 Å². The second-order valence-corrected chi connectivity index (χ2v) is 5.34. The number of hydrogen-bond donors (Lipinski definition) is 2. The Morgan fingerprint density at radius 1 is 1.36 bits per heavy atom. The molecule has 1 aromatic heterocycles. The summed E-state index contributed by atoms with van der Waals surface area (Å²) in [4.78, 5) is 17.5. The molecule has 0 aliphatic rings. The van der Waals surface area contributed by atoms with E-state index < -0.39 is 6.09 Å². The van der Waals surface area contributed by atoms with Crippen molar-refractivity contribution in [3.8, 4) is 0 Å². The summed E-state index contributed by atoms with van der Waals surface area (Å²) in [6.45, 7) is 6.16. The molecule has 0 saturated carbocycles. The number of anilines is 1. The Balaban J connectivity index is 2.45. The maximum Gasteiger partial charge on any atom is 0.404 e. The summed E-state index contributed by atoms with van der Waals surface area (Å²) >= 11 is 6.25. The van der Waals surface area contributed by atoms with Crippen molar-refractivity contribution in [1.29, 1.82) is 0 Å². The van der Waals surface area contributed by atoms with Crippen LogP contribution in [-0.2, 0) is 6.42 Å². The third-order valence-corrected chi connectivity index (χ3v) is 3.89. The van der Waals surface area contributed by atoms with Gasteiger partial charge in [-0.1, -0.05) is 23.7 Å². The Labute approximate surface area is 134 Å². The Kier molecular flexibility index (Phi) is 5.44. The fraction of sp³-hybridized carbons (Fsp3) is 0.375. The normalized spacial score (nSPS) is 10.7. The molecule has 0 radical (unpaired) electrons. The highest BCUT2D eigenvalue weighted by molar-refractivity contribution is 6.35. The van der Waals surface area contributed by atoms with E-state index >= 15 is 0 Å². The van der Waals surface area contributed by atoms with Gasteiger partial charge in [-0.15, -0.1) is 0 Å². The molecule has 0 atom stereocenters. The van der Waals surface area contributed by atoms with Gasteiger partial charge >= 0.3 is 6.09 Å². The molecule has 1 heterocycles. The maximum atomic E-state index is 10.6. The predicted octanol–water partition coefficient (Wildman–Crippen LogP) is 3.54. The first-order valence-electron chi connectivity index (χ1n) is 7.36. The average molecular weight is 322 g/mol. The van der Waals surface area contributed by atoms with Crippen molar-refractivity contribution in [2.24, 2.45) is 0 Å². The predicted molar refractivity (Wildman–Crippen MR) is 90.0 cm³/mol. The summed E-state index contributed by atoms with van der Waals surface area (Å²) in [5.41, 5.74) is 1.80. The van der Waals surface area contributed by atoms with Crippen molar-refractivity contribution >= 4 is 34.4 Å². The number of amides is 1. The SMILES string of the molecule is CCN(CC)c1nc2c(Cl)cccc2cc1CCNC(=O)O. The standard InChI is InChI=1S/C16H20ClN3O2/c1-3-20(4-2)15-12(8-9-18-16(21)22)10-11-6-5-7-13(17)14(11)19-15/h5-7,10,18H,3-4,8-9H2,1-2H3,(H,21,22). The molecule has 5 nitrogen and oxygen atoms in total. The van der Waals surface area contributed by atoms with E-state index in [4.69, 9.17) is 21.7 Å². The lowest BCUT2D eigenvalue weighted by Gasteiger charge is -2.23. The summed E-state index contributed by atoms with van der Waals surface area (Å²) < 4.78 is 0. The minimum atomic E-state index is -1.01. The van der Waals surface area contributed by atoms with Gasteiger partial charge in [-0.2, -0.15) is 0 Å². The zero-order valence-corrected chi connectivity index (χ0v) is 13.5. The fourth-order valence-corrected chi connectivity index (χ4v) is 2.71. The van der Waals surface area contributed by atoms with E-state index in [-0.39, 0.29) is 0 Å². The highest BCUT2D eigenvalue weighted by Crippen LogP contribution is 2.28. The number of carbonyl (C=O) groups is 1. The summed E-state index contributed by atoms with van der Waals surface area (Å²) in [5, 5.41) is 12.7. The lowest BCUT2D eigenvalue weighted by atomic mass is 10.1. The molecule has 0 spiro atoms. The quantitative estimate of drug-likeness (QED) is 0.854. The molecule has 2 N–H and O–H groups in total. The van der Waals surface area contributed by atoms with Gasteiger partial charge in [0.05, 0.1) is 10.5 Å². The fourth-order valence-electron chi connectivity index (χ4n) is 2.48. The van der Waals surface area contributed by atoms with E-state index in [0.717, 1.165) is 35.4 Å². The Morgan fingerprint density at radius 2 is 2.09 bits per heavy atom. The van der Waals surface area contributed by atoms with Crippen LogP contribution in [0.15, 0.2) is 24.3 Å². The number of aromatic nitrogens is 1. The van der Waals surface area contributed by atoms with Gasteiger partial charge in [-0.3, -0.25) is 0 Å². The molecule has 0 unspecified atom stereocenters. The minimum Gasteiger partial charge on any atom is -0.465 e. The van der Waals surface area contributed by atoms with Crippen LogP contribution in [0, 0.1) is 0 Å². The van der Waals surface area contributed by atoms with Gasteiger partial charge in [-0.25, -0.2) is 9.78 Å². The summed E-state index contributed by atoms with van der Waals surface area (Å²) in [7, 11) is 0. The first-order valence-corrected chi connectivity index (χ1v) is 7.74. The summed E-state index contributed by atoms with van der Waals surface area (Å²) in [5.74, 6) is 0.873. The van der Waals surface area contributed by atoms with Crippen LogP contribution >= 0.6 is 11.6 Å². The lowest BCUT2D eigenvalue weighted by Crippen LogP contribution is -2.27. The van der Waals surface area contributed by atoms with Crippen molar-refractivity contribution in [3.63, 3.8) is 0 Å². The molecule has 2 aromatic rings. The number of halogens is 1. The van der Waals surface area contributed by atoms with Gasteiger partial charge in [0.25, 0.3) is 0 Å². The molecule has 0 saturated heterocycles. The van der Waals surface area contributed by atoms with E-state index in [1.54, 1.807) is 0 Å². The number of carboxylic acid groups (broad SMARTS) is 1. The third kappa shape index (κ3) is 3.60. The van der Waals surface area contributed by atoms with Crippen molar-refractivity contribution in [3.05, 3.63) is 34.9 Å². The van der Waals surface area contributed by atoms with Gasteiger partial charge in [0, 0.05) is 25.0 Å². The van der Waals surface area contributed by atoms with E-state index in [9.17, 15) is 4.79 Å². The molecule has 0 aliphatic heterocycles. The average Bonchev–Trinajstić information content (AvgIpc) is 2.49. The number of nitrogens with one attached hydrogen (secondary N) is 1. The minimum absolute atomic E-state index is 0.358. The summed E-state index contributed by atoms with van der Waals surface area (Å²) in [6.07, 6.45) is -0.422. The summed E-state index contributed by atoms with van der Waals surface area (Å²) in [6, 6.07) is 7.73. The van der Waals surface area contributed by atoms with Crippen LogP contribution < -0.4 is 10.2 Å². The number of rotatable bonds is 6. The molecule has 1 aromatic carbocycles. The lowest BCUT2D eigenvalue weighted by molar-refractivity contribution is 0.194. The second kappa shape index (κ2) is 7.31. The first kappa shape index (κ1) is 16.4. The van der Waals surface area contributed by atoms with Gasteiger partial charge < -0.3 is 15.3 Å². The van der Waals surface area contributed by atoms with Crippen LogP contribution in [0.1, 0.15) is 19.4 Å². The van der Waals surface area contributed by atoms with Crippen LogP contribution in [0.2, 0.25) is 5.02 Å². The third-order valence-electron chi connectivity index (χ3n) is 3.59. The van der Waals surface area contributed by atoms with Gasteiger partial charge in [0.15, 0.2) is 0 Å². The zero-order chi connectivity index (χ0) is 16.1. The Morgan fingerprint density at radius 3 is 2.73 bits per heavy atom. The monoisotopic (exact) mass is 321 g/mol. The van der Waals surface area contributed by atoms with Crippen molar-refractivity contribution < 1.29 is 9.90 Å². The highest BCUT2D eigenvalue weighted by atomic mass is 35.5. The van der Waals surface area contributed by atoms with Crippen LogP contribution in [0.25, 0.3) is 10.9 Å². The molecule has 118 valence electrons. The molecule has 1 amide bonds. The smallest absolute Gasteiger partial charge is 0.404 e. The Hall–Kier alpha value is -2.01. The van der Waals surface area contributed by atoms with Gasteiger partial charge in [0.1, 0.15) is 5.82 Å². The number of nitrogens with zero attached hydrogens (tertiary/aromatic N) is 2. The maximum absolute atomic E-state index is 10.6. The van der Waals surface area contributed by atoms with Crippen LogP contribution in [0.5, 0.6) is 0 Å². The van der Waals surface area contributed by atoms with Crippen LogP contribution in [-0.4, -0.2) is 35.8 Å². The van der Waals surface area contributed by atoms with Gasteiger partial charge in [0.2, 0.25) is 0 Å². The number of benzene rings is 1. The zero-order valence-electron chi connectivity index (χ0n) is 12.8. The second-order valence-electron chi connectivity index (χ2n) is 4.94. The number of pyridine rings is 1. The number of hydrogen-bond acceptors (Lipinski definition) is 3. The Bertz CT molecular complexity index is 672. The molecule has 0 bridgehead atoms. The van der Waals surface area contributed by atoms with E-state index in [2.05, 4.69) is 24.1 Å². The van der Waals surface area contributed by atoms with Crippen molar-refractivity contribution in [2.45, 2.75) is 20.3 Å². The molecule has 0 fully saturated rings. The van der Waals surface area contributed by atoms with E-state index in [1.165, 1.54) is 0 Å². The van der Waals surface area contributed by atoms with Gasteiger partial charge in [-0.05, 0) is 38.0 Å².